The first-order valence-corrected chi connectivity index (χ1v) is 8.14. The summed E-state index contributed by atoms with van der Waals surface area (Å²) in [6.07, 6.45) is 0.574. The zero-order valence-corrected chi connectivity index (χ0v) is 15.1. The Morgan fingerprint density at radius 2 is 2.00 bits per heavy atom. The normalized spacial score (nSPS) is 13.0. The van der Waals surface area contributed by atoms with Crippen LogP contribution in [0.2, 0.25) is 0 Å². The van der Waals surface area contributed by atoms with Crippen molar-refractivity contribution in [2.24, 2.45) is 0 Å². The van der Waals surface area contributed by atoms with E-state index in [2.05, 4.69) is 10.6 Å². The molecule has 2 aromatic carbocycles. The average Bonchev–Trinajstić information content (AvgIpc) is 2.57. The fourth-order valence-corrected chi connectivity index (χ4v) is 2.83. The largest absolute Gasteiger partial charge is 0.490 e. The Kier molecular flexibility index (Phi) is 6.39. The molecule has 0 fully saturated rings. The quantitative estimate of drug-likeness (QED) is 0.864. The maximum atomic E-state index is 14.7. The van der Waals surface area contributed by atoms with Crippen molar-refractivity contribution in [3.8, 4) is 5.75 Å². The summed E-state index contributed by atoms with van der Waals surface area (Å²) in [5.41, 5.74) is 2.23. The molecule has 0 radical (unpaired) electrons. The van der Waals surface area contributed by atoms with Crippen molar-refractivity contribution in [1.29, 1.82) is 0 Å². The first-order valence-electron chi connectivity index (χ1n) is 8.14. The molecule has 0 saturated carbocycles. The van der Waals surface area contributed by atoms with Crippen molar-refractivity contribution >= 4 is 24.0 Å². The van der Waals surface area contributed by atoms with Crippen LogP contribution in [0.1, 0.15) is 35.3 Å². The third-order valence-electron chi connectivity index (χ3n) is 3.95. The molecule has 4 nitrogen and oxygen atoms in total. The highest BCUT2D eigenvalue weighted by molar-refractivity contribution is 6.06. The fourth-order valence-electron chi connectivity index (χ4n) is 2.83. The number of amides is 1. The first-order chi connectivity index (χ1) is 11.6. The highest BCUT2D eigenvalue weighted by Gasteiger charge is 2.19. The van der Waals surface area contributed by atoms with Gasteiger partial charge < -0.3 is 15.4 Å². The first kappa shape index (κ1) is 19.2. The van der Waals surface area contributed by atoms with Gasteiger partial charge in [0, 0.05) is 6.54 Å². The van der Waals surface area contributed by atoms with E-state index in [-0.39, 0.29) is 35.9 Å². The smallest absolute Gasteiger partial charge is 0.259 e. The molecule has 0 aromatic heterocycles. The molecule has 2 N–H and O–H groups in total. The van der Waals surface area contributed by atoms with Gasteiger partial charge in [-0.3, -0.25) is 4.79 Å². The predicted molar refractivity (Wildman–Crippen MR) is 99.2 cm³/mol. The van der Waals surface area contributed by atoms with E-state index in [0.29, 0.717) is 29.8 Å². The van der Waals surface area contributed by atoms with Crippen molar-refractivity contribution in [3.63, 3.8) is 0 Å². The van der Waals surface area contributed by atoms with E-state index in [4.69, 9.17) is 4.74 Å². The number of para-hydroxylation sites is 1. The van der Waals surface area contributed by atoms with Crippen LogP contribution in [0.5, 0.6) is 5.75 Å². The molecule has 0 atom stereocenters. The number of carbonyl (C=O) groups is 1. The summed E-state index contributed by atoms with van der Waals surface area (Å²) in [5, 5.41) is 5.89. The van der Waals surface area contributed by atoms with Crippen LogP contribution in [-0.4, -0.2) is 18.6 Å². The van der Waals surface area contributed by atoms with Gasteiger partial charge in [-0.2, -0.15) is 0 Å². The zero-order chi connectivity index (χ0) is 17.1. The maximum Gasteiger partial charge on any atom is 0.259 e. The summed E-state index contributed by atoms with van der Waals surface area (Å²) in [5.74, 6) is -0.226. The minimum Gasteiger partial charge on any atom is -0.490 e. The molecule has 0 spiro atoms. The van der Waals surface area contributed by atoms with E-state index in [0.717, 1.165) is 12.1 Å². The molecular formula is C19H22ClFN2O2. The Morgan fingerprint density at radius 3 is 2.76 bits per heavy atom. The lowest BCUT2D eigenvalue weighted by molar-refractivity contribution is 0.102. The molecular weight excluding hydrogens is 343 g/mol. The van der Waals surface area contributed by atoms with Gasteiger partial charge in [-0.05, 0) is 56.1 Å². The Bertz CT molecular complexity index is 765. The van der Waals surface area contributed by atoms with Crippen LogP contribution in [0.4, 0.5) is 10.1 Å². The number of halogens is 2. The highest BCUT2D eigenvalue weighted by atomic mass is 35.5. The highest BCUT2D eigenvalue weighted by Crippen LogP contribution is 2.26. The number of anilines is 1. The lowest BCUT2D eigenvalue weighted by Crippen LogP contribution is -2.25. The molecule has 0 unspecified atom stereocenters. The van der Waals surface area contributed by atoms with Crippen LogP contribution in [0.15, 0.2) is 36.4 Å². The Labute approximate surface area is 153 Å². The summed E-state index contributed by atoms with van der Waals surface area (Å²) < 4.78 is 20.3. The van der Waals surface area contributed by atoms with Gasteiger partial charge in [0.05, 0.1) is 17.4 Å². The topological polar surface area (TPSA) is 50.4 Å². The second-order valence-electron chi connectivity index (χ2n) is 6.11. The van der Waals surface area contributed by atoms with Crippen LogP contribution < -0.4 is 15.4 Å². The number of nitrogens with one attached hydrogen (secondary N) is 2. The van der Waals surface area contributed by atoms with Crippen LogP contribution >= 0.6 is 12.4 Å². The summed E-state index contributed by atoms with van der Waals surface area (Å²) >= 11 is 0. The third-order valence-corrected chi connectivity index (χ3v) is 3.95. The van der Waals surface area contributed by atoms with E-state index in [9.17, 15) is 9.18 Å². The van der Waals surface area contributed by atoms with Gasteiger partial charge in [0.2, 0.25) is 0 Å². The number of carbonyl (C=O) groups excluding carboxylic acids is 1. The van der Waals surface area contributed by atoms with E-state index in [1.54, 1.807) is 30.3 Å². The number of hydrogen-bond acceptors (Lipinski definition) is 3. The van der Waals surface area contributed by atoms with Crippen molar-refractivity contribution < 1.29 is 13.9 Å². The minimum absolute atomic E-state index is 0. The maximum absolute atomic E-state index is 14.7. The second-order valence-corrected chi connectivity index (χ2v) is 6.11. The molecule has 3 rings (SSSR count). The van der Waals surface area contributed by atoms with Gasteiger partial charge in [-0.15, -0.1) is 12.4 Å². The van der Waals surface area contributed by atoms with Crippen molar-refractivity contribution in [3.05, 3.63) is 58.9 Å². The number of rotatable bonds is 4. The van der Waals surface area contributed by atoms with Crippen molar-refractivity contribution in [2.45, 2.75) is 32.9 Å². The Balaban J connectivity index is 0.00000225. The van der Waals surface area contributed by atoms with Crippen LogP contribution in [0, 0.1) is 5.82 Å². The lowest BCUT2D eigenvalue weighted by atomic mass is 9.99. The molecule has 1 heterocycles. The minimum atomic E-state index is -0.376. The molecule has 1 amide bonds. The molecule has 25 heavy (non-hydrogen) atoms. The number of fused-ring (bicyclic) bond motifs is 1. The summed E-state index contributed by atoms with van der Waals surface area (Å²) in [6, 6.07) is 10.5. The molecule has 0 bridgehead atoms. The predicted octanol–water partition coefficient (Wildman–Crippen LogP) is 3.93. The SMILES string of the molecule is CC(C)Oc1ccccc1C(=O)Nc1ccc2c(c1F)CCNC2.Cl. The summed E-state index contributed by atoms with van der Waals surface area (Å²) in [7, 11) is 0. The van der Waals surface area contributed by atoms with Crippen molar-refractivity contribution in [1.82, 2.24) is 5.32 Å². The molecule has 134 valence electrons. The van der Waals surface area contributed by atoms with Crippen LogP contribution in [-0.2, 0) is 13.0 Å². The third kappa shape index (κ3) is 4.30. The van der Waals surface area contributed by atoms with Gasteiger partial charge in [0.25, 0.3) is 5.91 Å². The molecule has 0 aliphatic carbocycles. The van der Waals surface area contributed by atoms with Gasteiger partial charge >= 0.3 is 0 Å². The standard InChI is InChI=1S/C19H21FN2O2.ClH/c1-12(2)24-17-6-4-3-5-15(17)19(23)22-16-8-7-13-11-21-10-9-14(13)18(16)20;/h3-8,12,21H,9-11H2,1-2H3,(H,22,23);1H. The van der Waals surface area contributed by atoms with E-state index < -0.39 is 0 Å². The molecule has 1 aliphatic rings. The van der Waals surface area contributed by atoms with Crippen LogP contribution in [0.25, 0.3) is 0 Å². The lowest BCUT2D eigenvalue weighted by Gasteiger charge is -2.20. The zero-order valence-electron chi connectivity index (χ0n) is 14.3. The van der Waals surface area contributed by atoms with Gasteiger partial charge in [0.1, 0.15) is 11.6 Å². The fraction of sp³-hybridized carbons (Fsp3) is 0.316. The van der Waals surface area contributed by atoms with Gasteiger partial charge in [-0.25, -0.2) is 4.39 Å². The molecule has 1 aliphatic heterocycles. The summed E-state index contributed by atoms with van der Waals surface area (Å²) in [4.78, 5) is 12.6. The Morgan fingerprint density at radius 1 is 1.24 bits per heavy atom. The number of ether oxygens (including phenoxy) is 1. The monoisotopic (exact) mass is 364 g/mol. The van der Waals surface area contributed by atoms with Crippen LogP contribution in [0.3, 0.4) is 0 Å². The molecule has 2 aromatic rings. The van der Waals surface area contributed by atoms with E-state index in [1.807, 2.05) is 19.9 Å². The number of hydrogen-bond donors (Lipinski definition) is 2. The molecule has 0 saturated heterocycles. The second kappa shape index (κ2) is 8.32. The van der Waals surface area contributed by atoms with E-state index in [1.165, 1.54) is 0 Å². The van der Waals surface area contributed by atoms with Gasteiger partial charge in [-0.1, -0.05) is 18.2 Å². The Hall–Kier alpha value is -2.11. The van der Waals surface area contributed by atoms with E-state index >= 15 is 0 Å². The molecule has 6 heteroatoms. The van der Waals surface area contributed by atoms with Gasteiger partial charge in [0.15, 0.2) is 0 Å². The average molecular weight is 365 g/mol. The number of benzene rings is 2. The van der Waals surface area contributed by atoms with Crippen molar-refractivity contribution in [2.75, 3.05) is 11.9 Å². The summed E-state index contributed by atoms with van der Waals surface area (Å²) in [6.45, 7) is 5.19.